The molecule has 0 radical (unpaired) electrons. The van der Waals surface area contributed by atoms with E-state index in [1.54, 1.807) is 7.11 Å². The number of urea groups is 1. The molecule has 1 aromatic heterocycles. The first-order valence-corrected chi connectivity index (χ1v) is 9.77. The van der Waals surface area contributed by atoms with Crippen molar-refractivity contribution in [1.82, 2.24) is 25.4 Å². The minimum atomic E-state index is -0.262. The molecule has 150 valence electrons. The van der Waals surface area contributed by atoms with Gasteiger partial charge in [0.25, 0.3) is 0 Å². The van der Waals surface area contributed by atoms with Gasteiger partial charge >= 0.3 is 6.03 Å². The number of hydrogen-bond acceptors (Lipinski definition) is 4. The van der Waals surface area contributed by atoms with Gasteiger partial charge < -0.3 is 15.4 Å². The smallest absolute Gasteiger partial charge is 0.315 e. The summed E-state index contributed by atoms with van der Waals surface area (Å²) in [5, 5.41) is 14.5. The molecular weight excluding hydrogens is 366 g/mol. The molecule has 0 saturated heterocycles. The molecule has 2 N–H and O–H groups in total. The number of hydrogen-bond donors (Lipinski definition) is 2. The summed E-state index contributed by atoms with van der Waals surface area (Å²) >= 11 is 0. The van der Waals surface area contributed by atoms with Gasteiger partial charge in [0.05, 0.1) is 25.4 Å². The zero-order chi connectivity index (χ0) is 20.4. The number of aryl methyl sites for hydroxylation is 3. The van der Waals surface area contributed by atoms with Gasteiger partial charge in [-0.15, -0.1) is 10.2 Å². The van der Waals surface area contributed by atoms with Gasteiger partial charge in [0, 0.05) is 12.0 Å². The number of fused-ring (bicyclic) bond motifs is 3. The lowest BCUT2D eigenvalue weighted by atomic mass is 10.0. The maximum atomic E-state index is 12.5. The zero-order valence-electron chi connectivity index (χ0n) is 16.9. The lowest BCUT2D eigenvalue weighted by Crippen LogP contribution is -2.37. The van der Waals surface area contributed by atoms with Crippen LogP contribution in [0.3, 0.4) is 0 Å². The van der Waals surface area contributed by atoms with Crippen LogP contribution in [0.1, 0.15) is 41.3 Å². The Kier molecular flexibility index (Phi) is 5.20. The Balaban J connectivity index is 1.44. The molecule has 0 saturated carbocycles. The fourth-order valence-electron chi connectivity index (χ4n) is 3.77. The van der Waals surface area contributed by atoms with Crippen molar-refractivity contribution in [3.63, 3.8) is 0 Å². The summed E-state index contributed by atoms with van der Waals surface area (Å²) in [4.78, 5) is 12.5. The summed E-state index contributed by atoms with van der Waals surface area (Å²) in [6.07, 6.45) is 1.80. The number of nitrogens with zero attached hydrogens (tertiary/aromatic N) is 3. The third-order valence-corrected chi connectivity index (χ3v) is 5.25. The molecule has 3 aromatic rings. The molecule has 0 bridgehead atoms. The highest BCUT2D eigenvalue weighted by molar-refractivity contribution is 5.74. The molecule has 1 atom stereocenters. The summed E-state index contributed by atoms with van der Waals surface area (Å²) in [5.41, 5.74) is 4.42. The van der Waals surface area contributed by atoms with Crippen LogP contribution in [0.15, 0.2) is 42.5 Å². The number of rotatable bonds is 5. The molecule has 1 aliphatic rings. The Morgan fingerprint density at radius 1 is 1.21 bits per heavy atom. The summed E-state index contributed by atoms with van der Waals surface area (Å²) < 4.78 is 7.47. The number of ether oxygens (including phenoxy) is 1. The van der Waals surface area contributed by atoms with E-state index < -0.39 is 0 Å². The van der Waals surface area contributed by atoms with Gasteiger partial charge in [-0.2, -0.15) is 0 Å². The van der Waals surface area contributed by atoms with Crippen molar-refractivity contribution in [2.45, 2.75) is 39.3 Å². The van der Waals surface area contributed by atoms with Crippen molar-refractivity contribution in [2.24, 2.45) is 0 Å². The zero-order valence-corrected chi connectivity index (χ0v) is 16.9. The van der Waals surface area contributed by atoms with Crippen molar-refractivity contribution in [1.29, 1.82) is 0 Å². The standard InChI is InChI=1S/C22H25N5O2/c1-14-8-10-19(29-3)17(12-14)15(2)24-22(28)23-13-21-26-25-20-11-9-16-6-4-5-7-18(16)27(20)21/h4-8,10,12,15H,9,11,13H2,1-3H3,(H2,23,24,28)/t15-/m1/s1. The highest BCUT2D eigenvalue weighted by Gasteiger charge is 2.21. The quantitative estimate of drug-likeness (QED) is 0.700. The van der Waals surface area contributed by atoms with Crippen LogP contribution in [-0.4, -0.2) is 27.9 Å². The van der Waals surface area contributed by atoms with Gasteiger partial charge in [-0.1, -0.05) is 35.9 Å². The summed E-state index contributed by atoms with van der Waals surface area (Å²) in [5.74, 6) is 2.41. The SMILES string of the molecule is COc1ccc(C)cc1[C@@H](C)NC(=O)NCc1nnc2n1-c1ccccc1CC2. The third-order valence-electron chi connectivity index (χ3n) is 5.25. The summed E-state index contributed by atoms with van der Waals surface area (Å²) in [7, 11) is 1.63. The van der Waals surface area contributed by atoms with E-state index in [1.807, 2.05) is 48.7 Å². The van der Waals surface area contributed by atoms with Crippen molar-refractivity contribution in [3.8, 4) is 11.4 Å². The highest BCUT2D eigenvalue weighted by Crippen LogP contribution is 2.26. The van der Waals surface area contributed by atoms with Crippen LogP contribution < -0.4 is 15.4 Å². The normalized spacial score (nSPS) is 13.2. The van der Waals surface area contributed by atoms with Gasteiger partial charge in [-0.3, -0.25) is 4.57 Å². The van der Waals surface area contributed by atoms with Gasteiger partial charge in [0.15, 0.2) is 5.82 Å². The molecule has 1 aliphatic heterocycles. The minimum Gasteiger partial charge on any atom is -0.496 e. The van der Waals surface area contributed by atoms with Crippen molar-refractivity contribution in [3.05, 3.63) is 70.8 Å². The van der Waals surface area contributed by atoms with Crippen LogP contribution in [0.5, 0.6) is 5.75 Å². The second-order valence-corrected chi connectivity index (χ2v) is 7.29. The van der Waals surface area contributed by atoms with Crippen LogP contribution in [-0.2, 0) is 19.4 Å². The van der Waals surface area contributed by atoms with E-state index in [1.165, 1.54) is 5.56 Å². The van der Waals surface area contributed by atoms with E-state index in [0.29, 0.717) is 6.54 Å². The average molecular weight is 391 g/mol. The van der Waals surface area contributed by atoms with Crippen LogP contribution in [0.2, 0.25) is 0 Å². The number of aromatic nitrogens is 3. The van der Waals surface area contributed by atoms with Crippen LogP contribution in [0.4, 0.5) is 4.79 Å². The molecule has 2 heterocycles. The second kappa shape index (κ2) is 7.95. The van der Waals surface area contributed by atoms with Gasteiger partial charge in [-0.25, -0.2) is 4.79 Å². The molecule has 0 aliphatic carbocycles. The van der Waals surface area contributed by atoms with Gasteiger partial charge in [0.2, 0.25) is 0 Å². The first-order valence-electron chi connectivity index (χ1n) is 9.77. The predicted molar refractivity (Wildman–Crippen MR) is 110 cm³/mol. The topological polar surface area (TPSA) is 81.1 Å². The minimum absolute atomic E-state index is 0.196. The molecule has 7 nitrogen and oxygen atoms in total. The fraction of sp³-hybridized carbons (Fsp3) is 0.318. The maximum absolute atomic E-state index is 12.5. The number of carbonyl (C=O) groups excluding carboxylic acids is 1. The van der Waals surface area contributed by atoms with Crippen molar-refractivity contribution >= 4 is 6.03 Å². The van der Waals surface area contributed by atoms with E-state index in [4.69, 9.17) is 4.74 Å². The highest BCUT2D eigenvalue weighted by atomic mass is 16.5. The van der Waals surface area contributed by atoms with Crippen molar-refractivity contribution < 1.29 is 9.53 Å². The Bertz CT molecular complexity index is 1040. The van der Waals surface area contributed by atoms with E-state index in [2.05, 4.69) is 33.0 Å². The summed E-state index contributed by atoms with van der Waals surface area (Å²) in [6, 6.07) is 13.7. The molecule has 0 unspecified atom stereocenters. The Morgan fingerprint density at radius 3 is 2.86 bits per heavy atom. The number of benzene rings is 2. The first-order chi connectivity index (χ1) is 14.1. The number of para-hydroxylation sites is 1. The molecule has 0 fully saturated rings. The molecule has 2 aromatic carbocycles. The third kappa shape index (κ3) is 3.81. The maximum Gasteiger partial charge on any atom is 0.315 e. The largest absolute Gasteiger partial charge is 0.496 e. The number of nitrogens with one attached hydrogen (secondary N) is 2. The van der Waals surface area contributed by atoms with Gasteiger partial charge in [-0.05, 0) is 38.0 Å². The Labute approximate surface area is 170 Å². The monoisotopic (exact) mass is 391 g/mol. The van der Waals surface area contributed by atoms with E-state index in [9.17, 15) is 4.79 Å². The molecular formula is C22H25N5O2. The molecule has 7 heteroatoms. The first kappa shape index (κ1) is 19.0. The number of methoxy groups -OCH3 is 1. The number of amides is 2. The van der Waals surface area contributed by atoms with Crippen LogP contribution in [0, 0.1) is 6.92 Å². The van der Waals surface area contributed by atoms with Crippen molar-refractivity contribution in [2.75, 3.05) is 7.11 Å². The molecule has 4 rings (SSSR count). The average Bonchev–Trinajstić information content (AvgIpc) is 3.16. The predicted octanol–water partition coefficient (Wildman–Crippen LogP) is 3.24. The lowest BCUT2D eigenvalue weighted by Gasteiger charge is -2.20. The molecule has 2 amide bonds. The lowest BCUT2D eigenvalue weighted by molar-refractivity contribution is 0.237. The Morgan fingerprint density at radius 2 is 2.03 bits per heavy atom. The second-order valence-electron chi connectivity index (χ2n) is 7.29. The van der Waals surface area contributed by atoms with E-state index in [-0.39, 0.29) is 12.1 Å². The van der Waals surface area contributed by atoms with E-state index in [0.717, 1.165) is 47.1 Å². The van der Waals surface area contributed by atoms with Gasteiger partial charge in [0.1, 0.15) is 11.6 Å². The number of carbonyl (C=O) groups is 1. The van der Waals surface area contributed by atoms with Crippen LogP contribution >= 0.6 is 0 Å². The van der Waals surface area contributed by atoms with Crippen LogP contribution in [0.25, 0.3) is 5.69 Å². The Hall–Kier alpha value is -3.35. The fourth-order valence-corrected chi connectivity index (χ4v) is 3.77. The molecule has 29 heavy (non-hydrogen) atoms. The molecule has 0 spiro atoms. The summed E-state index contributed by atoms with van der Waals surface area (Å²) in [6.45, 7) is 4.25. The van der Waals surface area contributed by atoms with E-state index >= 15 is 0 Å².